The van der Waals surface area contributed by atoms with Gasteiger partial charge in [0, 0.05) is 5.56 Å². The van der Waals surface area contributed by atoms with Crippen LogP contribution in [-0.2, 0) is 0 Å². The summed E-state index contributed by atoms with van der Waals surface area (Å²) in [4.78, 5) is 0. The fourth-order valence-electron chi connectivity index (χ4n) is 1.65. The third-order valence-electron chi connectivity index (χ3n) is 2.78. The zero-order valence-corrected chi connectivity index (χ0v) is 10.1. The van der Waals surface area contributed by atoms with Gasteiger partial charge in [-0.25, -0.2) is 0 Å². The zero-order chi connectivity index (χ0) is 12.3. The van der Waals surface area contributed by atoms with E-state index in [-0.39, 0.29) is 5.92 Å². The second-order valence-corrected chi connectivity index (χ2v) is 4.48. The quantitative estimate of drug-likeness (QED) is 0.737. The van der Waals surface area contributed by atoms with Crippen molar-refractivity contribution in [3.05, 3.63) is 48.0 Å². The highest BCUT2D eigenvalue weighted by Gasteiger charge is 2.04. The Bertz CT molecular complexity index is 567. The van der Waals surface area contributed by atoms with E-state index in [2.05, 4.69) is 30.0 Å². The molecule has 0 saturated heterocycles. The smallest absolute Gasteiger partial charge is 0.117 e. The van der Waals surface area contributed by atoms with E-state index in [0.29, 0.717) is 0 Å². The fraction of sp³-hybridized carbons (Fsp3) is 0.250. The summed E-state index contributed by atoms with van der Waals surface area (Å²) in [5.74, 6) is 6.13. The molecule has 1 heteroatoms. The minimum Gasteiger partial charge on any atom is -0.380 e. The molecule has 0 fully saturated rings. The van der Waals surface area contributed by atoms with Gasteiger partial charge in [0.1, 0.15) is 6.10 Å². The lowest BCUT2D eigenvalue weighted by Crippen LogP contribution is -2.11. The molecule has 0 spiro atoms. The van der Waals surface area contributed by atoms with Crippen molar-refractivity contribution in [3.63, 3.8) is 0 Å². The maximum atomic E-state index is 9.69. The Morgan fingerprint density at radius 2 is 1.71 bits per heavy atom. The molecule has 2 aromatic carbocycles. The van der Waals surface area contributed by atoms with E-state index in [9.17, 15) is 5.11 Å². The standard InChI is InChI=1S/C16H16O/c1-12(2)16(17)11-10-14-8-5-7-13-6-3-4-9-15(13)14/h3-9,12,16-17H,1-2H3. The molecule has 1 unspecified atom stereocenters. The van der Waals surface area contributed by atoms with Crippen LogP contribution in [0.1, 0.15) is 19.4 Å². The Morgan fingerprint density at radius 3 is 2.47 bits per heavy atom. The maximum Gasteiger partial charge on any atom is 0.117 e. The zero-order valence-electron chi connectivity index (χ0n) is 10.1. The van der Waals surface area contributed by atoms with Gasteiger partial charge in [-0.3, -0.25) is 0 Å². The van der Waals surface area contributed by atoms with Gasteiger partial charge in [-0.05, 0) is 22.8 Å². The second-order valence-electron chi connectivity index (χ2n) is 4.48. The molecular formula is C16H16O. The van der Waals surface area contributed by atoms with Crippen molar-refractivity contribution >= 4 is 10.8 Å². The van der Waals surface area contributed by atoms with Crippen LogP contribution in [0, 0.1) is 17.8 Å². The molecule has 0 amide bonds. The molecule has 2 aromatic rings. The van der Waals surface area contributed by atoms with Crippen LogP contribution in [-0.4, -0.2) is 11.2 Å². The first-order valence-electron chi connectivity index (χ1n) is 5.86. The minimum atomic E-state index is -0.561. The Kier molecular flexibility index (Phi) is 3.46. The lowest BCUT2D eigenvalue weighted by Gasteiger charge is -2.05. The van der Waals surface area contributed by atoms with Crippen LogP contribution >= 0.6 is 0 Å². The number of hydrogen-bond donors (Lipinski definition) is 1. The summed E-state index contributed by atoms with van der Waals surface area (Å²) in [7, 11) is 0. The van der Waals surface area contributed by atoms with Gasteiger partial charge >= 0.3 is 0 Å². The third kappa shape index (κ3) is 2.67. The molecule has 0 aromatic heterocycles. The number of fused-ring (bicyclic) bond motifs is 1. The normalized spacial score (nSPS) is 12.2. The average molecular weight is 224 g/mol. The van der Waals surface area contributed by atoms with E-state index < -0.39 is 6.10 Å². The number of aliphatic hydroxyl groups is 1. The van der Waals surface area contributed by atoms with Gasteiger partial charge < -0.3 is 5.11 Å². The fourth-order valence-corrected chi connectivity index (χ4v) is 1.65. The van der Waals surface area contributed by atoms with Crippen LogP contribution < -0.4 is 0 Å². The highest BCUT2D eigenvalue weighted by atomic mass is 16.3. The van der Waals surface area contributed by atoms with Gasteiger partial charge in [0.05, 0.1) is 0 Å². The first-order chi connectivity index (χ1) is 8.18. The molecule has 0 heterocycles. The largest absolute Gasteiger partial charge is 0.380 e. The van der Waals surface area contributed by atoms with Crippen LogP contribution in [0.3, 0.4) is 0 Å². The molecule has 0 aliphatic carbocycles. The summed E-state index contributed by atoms with van der Waals surface area (Å²) in [5.41, 5.74) is 0.975. The van der Waals surface area contributed by atoms with Crippen molar-refractivity contribution in [2.45, 2.75) is 20.0 Å². The maximum absolute atomic E-state index is 9.69. The van der Waals surface area contributed by atoms with Crippen molar-refractivity contribution in [2.75, 3.05) is 0 Å². The third-order valence-corrected chi connectivity index (χ3v) is 2.78. The van der Waals surface area contributed by atoms with Crippen LogP contribution in [0.25, 0.3) is 10.8 Å². The molecule has 1 N–H and O–H groups in total. The Hall–Kier alpha value is -1.78. The van der Waals surface area contributed by atoms with Crippen LogP contribution in [0.15, 0.2) is 42.5 Å². The summed E-state index contributed by atoms with van der Waals surface area (Å²) < 4.78 is 0. The van der Waals surface area contributed by atoms with Crippen LogP contribution in [0.4, 0.5) is 0 Å². The number of benzene rings is 2. The van der Waals surface area contributed by atoms with E-state index in [4.69, 9.17) is 0 Å². The van der Waals surface area contributed by atoms with Crippen LogP contribution in [0.2, 0.25) is 0 Å². The molecule has 0 aliphatic rings. The Morgan fingerprint density at radius 1 is 1.00 bits per heavy atom. The molecule has 0 saturated carbocycles. The Balaban J connectivity index is 2.43. The van der Waals surface area contributed by atoms with Gasteiger partial charge in [0.15, 0.2) is 0 Å². The minimum absolute atomic E-state index is 0.164. The van der Waals surface area contributed by atoms with Crippen molar-refractivity contribution in [3.8, 4) is 11.8 Å². The Labute approximate surface area is 102 Å². The molecule has 86 valence electrons. The van der Waals surface area contributed by atoms with Gasteiger partial charge in [-0.1, -0.05) is 62.1 Å². The van der Waals surface area contributed by atoms with E-state index in [1.54, 1.807) is 0 Å². The van der Waals surface area contributed by atoms with E-state index in [1.807, 2.05) is 38.1 Å². The van der Waals surface area contributed by atoms with Crippen LogP contribution in [0.5, 0.6) is 0 Å². The van der Waals surface area contributed by atoms with Gasteiger partial charge in [-0.15, -0.1) is 0 Å². The van der Waals surface area contributed by atoms with Crippen molar-refractivity contribution < 1.29 is 5.11 Å². The molecule has 0 bridgehead atoms. The summed E-state index contributed by atoms with van der Waals surface area (Å²) in [6.07, 6.45) is -0.561. The summed E-state index contributed by atoms with van der Waals surface area (Å²) >= 11 is 0. The van der Waals surface area contributed by atoms with Gasteiger partial charge in [0.2, 0.25) is 0 Å². The number of hydrogen-bond acceptors (Lipinski definition) is 1. The molecule has 2 rings (SSSR count). The van der Waals surface area contributed by atoms with Gasteiger partial charge in [-0.2, -0.15) is 0 Å². The first-order valence-corrected chi connectivity index (χ1v) is 5.86. The second kappa shape index (κ2) is 5.03. The number of rotatable bonds is 1. The predicted octanol–water partition coefficient (Wildman–Crippen LogP) is 3.21. The highest BCUT2D eigenvalue weighted by Crippen LogP contribution is 2.17. The average Bonchev–Trinajstić information content (AvgIpc) is 2.35. The lowest BCUT2D eigenvalue weighted by molar-refractivity contribution is 0.181. The molecule has 1 nitrogen and oxygen atoms in total. The first kappa shape index (κ1) is 11.7. The van der Waals surface area contributed by atoms with E-state index >= 15 is 0 Å². The summed E-state index contributed by atoms with van der Waals surface area (Å²) in [6, 6.07) is 14.2. The number of aliphatic hydroxyl groups excluding tert-OH is 1. The molecule has 0 aliphatic heterocycles. The van der Waals surface area contributed by atoms with Crippen molar-refractivity contribution in [2.24, 2.45) is 5.92 Å². The molecular weight excluding hydrogens is 208 g/mol. The van der Waals surface area contributed by atoms with E-state index in [1.165, 1.54) is 5.39 Å². The summed E-state index contributed by atoms with van der Waals surface area (Å²) in [6.45, 7) is 3.92. The monoisotopic (exact) mass is 224 g/mol. The van der Waals surface area contributed by atoms with Crippen molar-refractivity contribution in [1.82, 2.24) is 0 Å². The van der Waals surface area contributed by atoms with E-state index in [0.717, 1.165) is 10.9 Å². The van der Waals surface area contributed by atoms with Gasteiger partial charge in [0.25, 0.3) is 0 Å². The predicted molar refractivity (Wildman–Crippen MR) is 71.7 cm³/mol. The topological polar surface area (TPSA) is 20.2 Å². The summed E-state index contributed by atoms with van der Waals surface area (Å²) in [5, 5.41) is 12.0. The molecule has 0 radical (unpaired) electrons. The lowest BCUT2D eigenvalue weighted by atomic mass is 10.0. The SMILES string of the molecule is CC(C)C(O)C#Cc1cccc2ccccc12. The molecule has 17 heavy (non-hydrogen) atoms. The molecule has 1 atom stereocenters. The highest BCUT2D eigenvalue weighted by molar-refractivity contribution is 5.88. The van der Waals surface area contributed by atoms with Crippen molar-refractivity contribution in [1.29, 1.82) is 0 Å².